The molecular formula is C17H33ClN2OS. The van der Waals surface area contributed by atoms with Gasteiger partial charge in [0.1, 0.15) is 0 Å². The summed E-state index contributed by atoms with van der Waals surface area (Å²) in [7, 11) is 0. The van der Waals surface area contributed by atoms with Gasteiger partial charge >= 0.3 is 0 Å². The van der Waals surface area contributed by atoms with Crippen LogP contribution in [0.5, 0.6) is 0 Å². The van der Waals surface area contributed by atoms with Gasteiger partial charge in [0.05, 0.1) is 0 Å². The van der Waals surface area contributed by atoms with E-state index >= 15 is 0 Å². The number of piperidine rings is 1. The molecule has 1 saturated carbocycles. The Balaban J connectivity index is 0.00000242. The lowest BCUT2D eigenvalue weighted by atomic mass is 9.84. The van der Waals surface area contributed by atoms with Gasteiger partial charge in [-0.1, -0.05) is 26.7 Å². The fourth-order valence-electron chi connectivity index (χ4n) is 3.81. The lowest BCUT2D eigenvalue weighted by Gasteiger charge is -2.33. The number of hydrogen-bond donors (Lipinski definition) is 2. The second-order valence-electron chi connectivity index (χ2n) is 6.72. The van der Waals surface area contributed by atoms with Gasteiger partial charge in [-0.15, -0.1) is 12.4 Å². The Kier molecular flexibility index (Phi) is 9.85. The van der Waals surface area contributed by atoms with E-state index in [-0.39, 0.29) is 18.3 Å². The molecule has 3 atom stereocenters. The van der Waals surface area contributed by atoms with E-state index in [0.717, 1.165) is 24.8 Å². The minimum Gasteiger partial charge on any atom is -0.352 e. The highest BCUT2D eigenvalue weighted by molar-refractivity contribution is 7.99. The standard InChI is InChI=1S/C17H32N2OS.ClH/c1-3-21-16-7-5-4-6-15(16)19-17(20)12-13(2)14-8-10-18-11-9-14;/h13-16,18H,3-12H2,1-2H3,(H,19,20);1H. The van der Waals surface area contributed by atoms with Crippen LogP contribution in [0.25, 0.3) is 0 Å². The highest BCUT2D eigenvalue weighted by Crippen LogP contribution is 2.29. The third kappa shape index (κ3) is 6.29. The van der Waals surface area contributed by atoms with Gasteiger partial charge in [-0.2, -0.15) is 11.8 Å². The number of nitrogens with one attached hydrogen (secondary N) is 2. The molecule has 0 spiro atoms. The summed E-state index contributed by atoms with van der Waals surface area (Å²) in [5.41, 5.74) is 0. The van der Waals surface area contributed by atoms with Crippen LogP contribution in [0.1, 0.15) is 58.8 Å². The molecule has 0 aromatic heterocycles. The number of thioether (sulfide) groups is 1. The van der Waals surface area contributed by atoms with Crippen LogP contribution in [0.4, 0.5) is 0 Å². The van der Waals surface area contributed by atoms with Crippen molar-refractivity contribution in [2.24, 2.45) is 11.8 Å². The molecule has 3 nitrogen and oxygen atoms in total. The molecule has 5 heteroatoms. The van der Waals surface area contributed by atoms with E-state index in [1.807, 2.05) is 11.8 Å². The fourth-order valence-corrected chi connectivity index (χ4v) is 5.01. The average Bonchev–Trinajstić information content (AvgIpc) is 2.50. The third-order valence-corrected chi connectivity index (χ3v) is 6.45. The molecular weight excluding hydrogens is 316 g/mol. The van der Waals surface area contributed by atoms with Crippen molar-refractivity contribution in [2.75, 3.05) is 18.8 Å². The van der Waals surface area contributed by atoms with Crippen LogP contribution in [0.15, 0.2) is 0 Å². The van der Waals surface area contributed by atoms with Crippen molar-refractivity contribution in [1.29, 1.82) is 0 Å². The van der Waals surface area contributed by atoms with Crippen LogP contribution in [-0.2, 0) is 4.79 Å². The first-order chi connectivity index (χ1) is 10.2. The van der Waals surface area contributed by atoms with Crippen LogP contribution in [0.2, 0.25) is 0 Å². The summed E-state index contributed by atoms with van der Waals surface area (Å²) in [6.45, 7) is 6.72. The van der Waals surface area contributed by atoms with Crippen molar-refractivity contribution < 1.29 is 4.79 Å². The maximum absolute atomic E-state index is 12.4. The summed E-state index contributed by atoms with van der Waals surface area (Å²) < 4.78 is 0. The molecule has 2 N–H and O–H groups in total. The molecule has 2 aliphatic rings. The minimum absolute atomic E-state index is 0. The molecule has 0 radical (unpaired) electrons. The first-order valence-corrected chi connectivity index (χ1v) is 9.87. The Morgan fingerprint density at radius 3 is 2.59 bits per heavy atom. The SMILES string of the molecule is CCSC1CCCCC1NC(=O)CC(C)C1CCNCC1.Cl. The summed E-state index contributed by atoms with van der Waals surface area (Å²) in [5.74, 6) is 2.69. The van der Waals surface area contributed by atoms with Gasteiger partial charge in [-0.25, -0.2) is 0 Å². The smallest absolute Gasteiger partial charge is 0.220 e. The number of rotatable bonds is 6. The highest BCUT2D eigenvalue weighted by atomic mass is 35.5. The molecule has 22 heavy (non-hydrogen) atoms. The average molecular weight is 349 g/mol. The van der Waals surface area contributed by atoms with E-state index in [0.29, 0.717) is 23.6 Å². The van der Waals surface area contributed by atoms with Crippen LogP contribution in [0.3, 0.4) is 0 Å². The van der Waals surface area contributed by atoms with Crippen molar-refractivity contribution in [1.82, 2.24) is 10.6 Å². The van der Waals surface area contributed by atoms with Crippen molar-refractivity contribution in [3.05, 3.63) is 0 Å². The molecule has 0 aromatic carbocycles. The summed E-state index contributed by atoms with van der Waals surface area (Å²) in [5, 5.41) is 7.39. The van der Waals surface area contributed by atoms with Crippen LogP contribution in [0, 0.1) is 11.8 Å². The zero-order valence-electron chi connectivity index (χ0n) is 14.1. The Hall–Kier alpha value is 0.0700. The first kappa shape index (κ1) is 20.1. The Bertz CT molecular complexity index is 322. The molecule has 3 unspecified atom stereocenters. The van der Waals surface area contributed by atoms with Gasteiger partial charge in [0.25, 0.3) is 0 Å². The topological polar surface area (TPSA) is 41.1 Å². The Morgan fingerprint density at radius 1 is 1.23 bits per heavy atom. The highest BCUT2D eigenvalue weighted by Gasteiger charge is 2.28. The van der Waals surface area contributed by atoms with Crippen LogP contribution < -0.4 is 10.6 Å². The van der Waals surface area contributed by atoms with E-state index in [1.165, 1.54) is 38.5 Å². The Morgan fingerprint density at radius 2 is 1.91 bits per heavy atom. The van der Waals surface area contributed by atoms with E-state index in [2.05, 4.69) is 24.5 Å². The zero-order chi connectivity index (χ0) is 15.1. The van der Waals surface area contributed by atoms with Gasteiger partial charge in [-0.05, 0) is 56.4 Å². The zero-order valence-corrected chi connectivity index (χ0v) is 15.7. The van der Waals surface area contributed by atoms with Gasteiger partial charge in [0.15, 0.2) is 0 Å². The Labute approximate surface area is 146 Å². The first-order valence-electron chi connectivity index (χ1n) is 8.82. The third-order valence-electron chi connectivity index (χ3n) is 5.13. The van der Waals surface area contributed by atoms with E-state index in [1.54, 1.807) is 0 Å². The van der Waals surface area contributed by atoms with Gasteiger partial charge in [-0.3, -0.25) is 4.79 Å². The maximum Gasteiger partial charge on any atom is 0.220 e. The monoisotopic (exact) mass is 348 g/mol. The number of carbonyl (C=O) groups is 1. The lowest BCUT2D eigenvalue weighted by molar-refractivity contribution is -0.123. The molecule has 1 amide bonds. The minimum atomic E-state index is 0. The molecule has 2 fully saturated rings. The van der Waals surface area contributed by atoms with E-state index in [9.17, 15) is 4.79 Å². The van der Waals surface area contributed by atoms with Crippen molar-refractivity contribution >= 4 is 30.1 Å². The molecule has 2 rings (SSSR count). The van der Waals surface area contributed by atoms with Crippen LogP contribution in [-0.4, -0.2) is 36.0 Å². The van der Waals surface area contributed by atoms with Crippen molar-refractivity contribution in [3.8, 4) is 0 Å². The second kappa shape index (κ2) is 10.8. The van der Waals surface area contributed by atoms with E-state index in [4.69, 9.17) is 0 Å². The second-order valence-corrected chi connectivity index (χ2v) is 8.24. The summed E-state index contributed by atoms with van der Waals surface area (Å²) in [4.78, 5) is 12.4. The molecule has 1 saturated heterocycles. The lowest BCUT2D eigenvalue weighted by Crippen LogP contribution is -2.44. The number of amides is 1. The number of hydrogen-bond acceptors (Lipinski definition) is 3. The fraction of sp³-hybridized carbons (Fsp3) is 0.941. The molecule has 1 aliphatic heterocycles. The predicted molar refractivity (Wildman–Crippen MR) is 98.9 cm³/mol. The number of halogens is 1. The maximum atomic E-state index is 12.4. The largest absolute Gasteiger partial charge is 0.352 e. The number of carbonyl (C=O) groups excluding carboxylic acids is 1. The van der Waals surface area contributed by atoms with Crippen molar-refractivity contribution in [2.45, 2.75) is 70.1 Å². The molecule has 1 heterocycles. The van der Waals surface area contributed by atoms with Gasteiger partial charge in [0.2, 0.25) is 5.91 Å². The molecule has 0 bridgehead atoms. The summed E-state index contributed by atoms with van der Waals surface area (Å²) >= 11 is 2.03. The van der Waals surface area contributed by atoms with Gasteiger partial charge in [0, 0.05) is 17.7 Å². The molecule has 130 valence electrons. The summed E-state index contributed by atoms with van der Waals surface area (Å²) in [6, 6.07) is 0.413. The normalized spacial score (nSPS) is 27.7. The van der Waals surface area contributed by atoms with E-state index < -0.39 is 0 Å². The molecule has 0 aromatic rings. The predicted octanol–water partition coefficient (Wildman–Crippen LogP) is 3.61. The van der Waals surface area contributed by atoms with Gasteiger partial charge < -0.3 is 10.6 Å². The quantitative estimate of drug-likeness (QED) is 0.770. The van der Waals surface area contributed by atoms with Crippen LogP contribution >= 0.6 is 24.2 Å². The summed E-state index contributed by atoms with van der Waals surface area (Å²) in [6.07, 6.45) is 8.21. The van der Waals surface area contributed by atoms with Crippen molar-refractivity contribution in [3.63, 3.8) is 0 Å². The molecule has 1 aliphatic carbocycles.